The predicted octanol–water partition coefficient (Wildman–Crippen LogP) is 2.50. The Hall–Kier alpha value is -2.69. The first-order valence-electron chi connectivity index (χ1n) is 8.12. The van der Waals surface area contributed by atoms with E-state index in [2.05, 4.69) is 5.32 Å². The SMILES string of the molecule is COc1ccccc1CNC(=O)c1c2c(cc3c1OCC3)OCC2. The maximum absolute atomic E-state index is 12.8. The Labute approximate surface area is 140 Å². The molecule has 0 fully saturated rings. The molecule has 1 amide bonds. The Kier molecular flexibility index (Phi) is 3.76. The summed E-state index contributed by atoms with van der Waals surface area (Å²) < 4.78 is 16.7. The Morgan fingerprint density at radius 1 is 1.21 bits per heavy atom. The fraction of sp³-hybridized carbons (Fsp3) is 0.316. The van der Waals surface area contributed by atoms with E-state index in [4.69, 9.17) is 14.2 Å². The zero-order valence-electron chi connectivity index (χ0n) is 13.6. The second-order valence-corrected chi connectivity index (χ2v) is 5.91. The van der Waals surface area contributed by atoms with Gasteiger partial charge in [-0.1, -0.05) is 18.2 Å². The molecule has 0 aromatic heterocycles. The number of carbonyl (C=O) groups excluding carboxylic acids is 1. The minimum absolute atomic E-state index is 0.124. The highest BCUT2D eigenvalue weighted by Crippen LogP contribution is 2.40. The Balaban J connectivity index is 1.61. The second-order valence-electron chi connectivity index (χ2n) is 5.91. The van der Waals surface area contributed by atoms with Crippen LogP contribution in [0.5, 0.6) is 17.2 Å². The third kappa shape index (κ3) is 2.46. The number of methoxy groups -OCH3 is 1. The van der Waals surface area contributed by atoms with Gasteiger partial charge in [0, 0.05) is 36.1 Å². The van der Waals surface area contributed by atoms with Gasteiger partial charge in [0.15, 0.2) is 0 Å². The highest BCUT2D eigenvalue weighted by molar-refractivity contribution is 6.00. The normalized spacial score (nSPS) is 14.4. The molecule has 0 saturated heterocycles. The van der Waals surface area contributed by atoms with Gasteiger partial charge in [-0.3, -0.25) is 4.79 Å². The zero-order chi connectivity index (χ0) is 16.5. The first kappa shape index (κ1) is 14.9. The molecule has 5 nitrogen and oxygen atoms in total. The number of rotatable bonds is 4. The van der Waals surface area contributed by atoms with Crippen LogP contribution in [0, 0.1) is 0 Å². The van der Waals surface area contributed by atoms with Crippen molar-refractivity contribution in [1.82, 2.24) is 5.32 Å². The second kappa shape index (κ2) is 6.07. The predicted molar refractivity (Wildman–Crippen MR) is 89.0 cm³/mol. The van der Waals surface area contributed by atoms with Crippen molar-refractivity contribution in [2.75, 3.05) is 20.3 Å². The van der Waals surface area contributed by atoms with Gasteiger partial charge in [0.2, 0.25) is 0 Å². The van der Waals surface area contributed by atoms with E-state index < -0.39 is 0 Å². The van der Waals surface area contributed by atoms with Gasteiger partial charge in [-0.25, -0.2) is 0 Å². The molecule has 0 bridgehead atoms. The summed E-state index contributed by atoms with van der Waals surface area (Å²) in [6, 6.07) is 9.68. The lowest BCUT2D eigenvalue weighted by molar-refractivity contribution is 0.0946. The van der Waals surface area contributed by atoms with Crippen molar-refractivity contribution in [3.63, 3.8) is 0 Å². The summed E-state index contributed by atoms with van der Waals surface area (Å²) in [5, 5.41) is 2.99. The van der Waals surface area contributed by atoms with Crippen LogP contribution in [0.3, 0.4) is 0 Å². The molecule has 0 atom stereocenters. The van der Waals surface area contributed by atoms with Crippen molar-refractivity contribution in [3.8, 4) is 17.2 Å². The molecule has 0 saturated carbocycles. The molecule has 2 aliphatic heterocycles. The van der Waals surface area contributed by atoms with Crippen molar-refractivity contribution in [2.24, 2.45) is 0 Å². The lowest BCUT2D eigenvalue weighted by atomic mass is 9.99. The Bertz CT molecular complexity index is 768. The quantitative estimate of drug-likeness (QED) is 0.938. The number of hydrogen-bond donors (Lipinski definition) is 1. The van der Waals surface area contributed by atoms with Crippen LogP contribution in [-0.2, 0) is 19.4 Å². The minimum Gasteiger partial charge on any atom is -0.496 e. The van der Waals surface area contributed by atoms with Gasteiger partial charge >= 0.3 is 0 Å². The van der Waals surface area contributed by atoms with Crippen LogP contribution in [0.15, 0.2) is 30.3 Å². The summed E-state index contributed by atoms with van der Waals surface area (Å²) in [5.41, 5.74) is 3.58. The molecule has 2 heterocycles. The molecule has 0 unspecified atom stereocenters. The number of nitrogens with one attached hydrogen (secondary N) is 1. The van der Waals surface area contributed by atoms with E-state index in [-0.39, 0.29) is 5.91 Å². The van der Waals surface area contributed by atoms with Crippen LogP contribution in [0.4, 0.5) is 0 Å². The van der Waals surface area contributed by atoms with Crippen molar-refractivity contribution >= 4 is 5.91 Å². The number of amides is 1. The van der Waals surface area contributed by atoms with E-state index in [1.165, 1.54) is 0 Å². The molecule has 0 radical (unpaired) electrons. The molecular formula is C19H19NO4. The van der Waals surface area contributed by atoms with Gasteiger partial charge in [0.1, 0.15) is 17.2 Å². The third-order valence-corrected chi connectivity index (χ3v) is 4.51. The summed E-state index contributed by atoms with van der Waals surface area (Å²) in [4.78, 5) is 12.8. The summed E-state index contributed by atoms with van der Waals surface area (Å²) in [6.45, 7) is 1.64. The van der Waals surface area contributed by atoms with E-state index >= 15 is 0 Å². The molecule has 2 aromatic rings. The van der Waals surface area contributed by atoms with Gasteiger partial charge in [-0.15, -0.1) is 0 Å². The van der Waals surface area contributed by atoms with E-state index in [1.54, 1.807) is 7.11 Å². The van der Waals surface area contributed by atoms with Crippen LogP contribution in [0.25, 0.3) is 0 Å². The smallest absolute Gasteiger partial charge is 0.255 e. The number of para-hydroxylation sites is 1. The van der Waals surface area contributed by atoms with Gasteiger partial charge in [-0.2, -0.15) is 0 Å². The molecule has 24 heavy (non-hydrogen) atoms. The monoisotopic (exact) mass is 325 g/mol. The fourth-order valence-corrected chi connectivity index (χ4v) is 3.34. The summed E-state index contributed by atoms with van der Waals surface area (Å²) in [5.74, 6) is 2.18. The minimum atomic E-state index is -0.124. The van der Waals surface area contributed by atoms with Crippen molar-refractivity contribution in [2.45, 2.75) is 19.4 Å². The number of carbonyl (C=O) groups is 1. The molecule has 2 aromatic carbocycles. The maximum Gasteiger partial charge on any atom is 0.255 e. The highest BCUT2D eigenvalue weighted by Gasteiger charge is 2.30. The molecule has 0 aliphatic carbocycles. The molecular weight excluding hydrogens is 306 g/mol. The number of fused-ring (bicyclic) bond motifs is 2. The largest absolute Gasteiger partial charge is 0.496 e. The number of hydrogen-bond acceptors (Lipinski definition) is 4. The van der Waals surface area contributed by atoms with Crippen molar-refractivity contribution < 1.29 is 19.0 Å². The van der Waals surface area contributed by atoms with E-state index in [1.807, 2.05) is 30.3 Å². The molecule has 2 aliphatic rings. The molecule has 1 N–H and O–H groups in total. The lowest BCUT2D eigenvalue weighted by Crippen LogP contribution is -2.24. The summed E-state index contributed by atoms with van der Waals surface area (Å²) in [6.07, 6.45) is 1.56. The summed E-state index contributed by atoms with van der Waals surface area (Å²) in [7, 11) is 1.63. The number of benzene rings is 2. The first-order valence-corrected chi connectivity index (χ1v) is 8.12. The van der Waals surface area contributed by atoms with Crippen LogP contribution < -0.4 is 19.5 Å². The van der Waals surface area contributed by atoms with Crippen molar-refractivity contribution in [3.05, 3.63) is 52.6 Å². The van der Waals surface area contributed by atoms with Crippen LogP contribution in [0.2, 0.25) is 0 Å². The van der Waals surface area contributed by atoms with Gasteiger partial charge in [0.25, 0.3) is 5.91 Å². The number of ether oxygens (including phenoxy) is 3. The lowest BCUT2D eigenvalue weighted by Gasteiger charge is -2.14. The molecule has 0 spiro atoms. The Morgan fingerprint density at radius 2 is 2.04 bits per heavy atom. The third-order valence-electron chi connectivity index (χ3n) is 4.51. The van der Waals surface area contributed by atoms with Crippen LogP contribution in [0.1, 0.15) is 27.0 Å². The van der Waals surface area contributed by atoms with E-state index in [9.17, 15) is 4.79 Å². The van der Waals surface area contributed by atoms with Gasteiger partial charge < -0.3 is 19.5 Å². The van der Waals surface area contributed by atoms with Gasteiger partial charge in [0.05, 0.1) is 25.9 Å². The van der Waals surface area contributed by atoms with E-state index in [0.717, 1.165) is 46.8 Å². The topological polar surface area (TPSA) is 56.8 Å². The van der Waals surface area contributed by atoms with E-state index in [0.29, 0.717) is 25.3 Å². The van der Waals surface area contributed by atoms with Gasteiger partial charge in [-0.05, 0) is 12.1 Å². The first-order chi connectivity index (χ1) is 11.8. The Morgan fingerprint density at radius 3 is 2.92 bits per heavy atom. The molecule has 4 rings (SSSR count). The fourth-order valence-electron chi connectivity index (χ4n) is 3.34. The van der Waals surface area contributed by atoms with Crippen LogP contribution >= 0.6 is 0 Å². The zero-order valence-corrected chi connectivity index (χ0v) is 13.6. The molecule has 124 valence electrons. The molecule has 5 heteroatoms. The van der Waals surface area contributed by atoms with Crippen molar-refractivity contribution in [1.29, 1.82) is 0 Å². The highest BCUT2D eigenvalue weighted by atomic mass is 16.5. The maximum atomic E-state index is 12.8. The average molecular weight is 325 g/mol. The average Bonchev–Trinajstić information content (AvgIpc) is 3.26. The van der Waals surface area contributed by atoms with Crippen LogP contribution in [-0.4, -0.2) is 26.2 Å². The standard InChI is InChI=1S/C19H19NO4/c1-22-15-5-3-2-4-13(15)11-20-19(21)17-14-7-9-23-16(14)10-12-6-8-24-18(12)17/h2-5,10H,6-9,11H2,1H3,(H,20,21). The summed E-state index contributed by atoms with van der Waals surface area (Å²) >= 11 is 0.